The van der Waals surface area contributed by atoms with Crippen molar-refractivity contribution in [2.24, 2.45) is 0 Å². The highest BCUT2D eigenvalue weighted by Gasteiger charge is 2.33. The highest BCUT2D eigenvalue weighted by Crippen LogP contribution is 2.30. The molecule has 2 aromatic heterocycles. The van der Waals surface area contributed by atoms with Gasteiger partial charge < -0.3 is 14.6 Å². The Morgan fingerprint density at radius 1 is 0.975 bits per heavy atom. The van der Waals surface area contributed by atoms with E-state index in [4.69, 9.17) is 4.74 Å². The van der Waals surface area contributed by atoms with Crippen LogP contribution >= 0.6 is 0 Å². The van der Waals surface area contributed by atoms with Crippen LogP contribution in [0.1, 0.15) is 23.0 Å². The monoisotopic (exact) mass is 539 g/mol. The Hall–Kier alpha value is -4.57. The van der Waals surface area contributed by atoms with E-state index in [1.165, 1.54) is 11.6 Å². The van der Waals surface area contributed by atoms with Gasteiger partial charge in [0.15, 0.2) is 5.82 Å². The van der Waals surface area contributed by atoms with Crippen LogP contribution in [0, 0.1) is 5.82 Å². The SMILES string of the molecule is COc1ccc2cc([C@@H](c3nnnn3CCc3ccccc3)N3CCN(c4ccccc4F)CC3)c(=O)[nH]c2c1. The summed E-state index contributed by atoms with van der Waals surface area (Å²) in [5, 5.41) is 13.6. The Morgan fingerprint density at radius 2 is 1.75 bits per heavy atom. The Morgan fingerprint density at radius 3 is 2.52 bits per heavy atom. The highest BCUT2D eigenvalue weighted by atomic mass is 19.1. The molecule has 1 fully saturated rings. The molecular weight excluding hydrogens is 509 g/mol. The molecule has 6 rings (SSSR count). The Labute approximate surface area is 230 Å². The molecule has 3 aromatic carbocycles. The second-order valence-electron chi connectivity index (χ2n) is 9.88. The fourth-order valence-corrected chi connectivity index (χ4v) is 5.40. The topological polar surface area (TPSA) is 92.2 Å². The van der Waals surface area contributed by atoms with E-state index in [0.29, 0.717) is 61.1 Å². The minimum absolute atomic E-state index is 0.208. The van der Waals surface area contributed by atoms with Gasteiger partial charge in [-0.2, -0.15) is 0 Å². The zero-order valence-electron chi connectivity index (χ0n) is 22.2. The number of nitrogens with zero attached hydrogens (tertiary/aromatic N) is 6. The third-order valence-corrected chi connectivity index (χ3v) is 7.51. The molecule has 0 spiro atoms. The van der Waals surface area contributed by atoms with Gasteiger partial charge in [-0.05, 0) is 58.1 Å². The van der Waals surface area contributed by atoms with Gasteiger partial charge in [0, 0.05) is 44.4 Å². The summed E-state index contributed by atoms with van der Waals surface area (Å²) in [4.78, 5) is 20.9. The van der Waals surface area contributed by atoms with Crippen molar-refractivity contribution in [1.82, 2.24) is 30.1 Å². The number of hydrogen-bond acceptors (Lipinski definition) is 7. The summed E-state index contributed by atoms with van der Waals surface area (Å²) < 4.78 is 21.6. The number of tetrazole rings is 1. The van der Waals surface area contributed by atoms with Crippen LogP contribution in [0.25, 0.3) is 10.9 Å². The standard InChI is InChI=1S/C30H30FN7O2/c1-40-23-12-11-22-19-24(30(39)32-26(22)20-23)28(29-33-34-35-38(29)14-13-21-7-3-2-4-8-21)37-17-15-36(16-18-37)27-10-6-5-9-25(27)31/h2-12,19-20,28H,13-18H2,1H3,(H,32,39)/t28-/m0/s1. The van der Waals surface area contributed by atoms with Gasteiger partial charge in [-0.15, -0.1) is 5.10 Å². The molecular formula is C30H30FN7O2. The highest BCUT2D eigenvalue weighted by molar-refractivity contribution is 5.80. The normalized spacial score (nSPS) is 14.9. The number of H-pyrrole nitrogens is 1. The summed E-state index contributed by atoms with van der Waals surface area (Å²) in [7, 11) is 1.60. The molecule has 1 N–H and O–H groups in total. The fraction of sp³-hybridized carbons (Fsp3) is 0.267. The van der Waals surface area contributed by atoms with Gasteiger partial charge in [-0.25, -0.2) is 9.07 Å². The zero-order valence-corrected chi connectivity index (χ0v) is 22.2. The largest absolute Gasteiger partial charge is 0.497 e. The molecule has 1 aliphatic rings. The minimum atomic E-state index is -0.483. The van der Waals surface area contributed by atoms with Crippen LogP contribution < -0.4 is 15.2 Å². The van der Waals surface area contributed by atoms with Crippen molar-refractivity contribution in [1.29, 1.82) is 0 Å². The first-order valence-corrected chi connectivity index (χ1v) is 13.3. The molecule has 0 aliphatic carbocycles. The number of ether oxygens (including phenoxy) is 1. The molecule has 0 saturated carbocycles. The van der Waals surface area contributed by atoms with Gasteiger partial charge in [-0.1, -0.05) is 42.5 Å². The molecule has 3 heterocycles. The molecule has 1 aliphatic heterocycles. The van der Waals surface area contributed by atoms with E-state index in [2.05, 4.69) is 37.5 Å². The summed E-state index contributed by atoms with van der Waals surface area (Å²) in [6, 6.07) is 24.0. The number of rotatable bonds is 8. The van der Waals surface area contributed by atoms with Crippen molar-refractivity contribution in [2.45, 2.75) is 19.0 Å². The van der Waals surface area contributed by atoms with Crippen LogP contribution in [0.15, 0.2) is 83.7 Å². The average Bonchev–Trinajstić information content (AvgIpc) is 3.45. The molecule has 0 bridgehead atoms. The number of aryl methyl sites for hydroxylation is 2. The van der Waals surface area contributed by atoms with Crippen molar-refractivity contribution in [3.05, 3.63) is 112 Å². The first kappa shape index (κ1) is 25.7. The van der Waals surface area contributed by atoms with Gasteiger partial charge in [-0.3, -0.25) is 9.69 Å². The molecule has 0 unspecified atom stereocenters. The quantitative estimate of drug-likeness (QED) is 0.321. The summed E-state index contributed by atoms with van der Waals surface area (Å²) in [5.41, 5.74) is 2.81. The first-order valence-electron chi connectivity index (χ1n) is 13.3. The summed E-state index contributed by atoms with van der Waals surface area (Å²) >= 11 is 0. The molecule has 1 saturated heterocycles. The van der Waals surface area contributed by atoms with Gasteiger partial charge in [0.2, 0.25) is 0 Å². The first-order chi connectivity index (χ1) is 19.6. The number of halogens is 1. The lowest BCUT2D eigenvalue weighted by Gasteiger charge is -2.39. The average molecular weight is 540 g/mol. The predicted molar refractivity (Wildman–Crippen MR) is 151 cm³/mol. The molecule has 1 atom stereocenters. The lowest BCUT2D eigenvalue weighted by Crippen LogP contribution is -2.49. The number of piperazine rings is 1. The van der Waals surface area contributed by atoms with Gasteiger partial charge in [0.1, 0.15) is 17.6 Å². The van der Waals surface area contributed by atoms with Crippen LogP contribution in [-0.4, -0.2) is 63.4 Å². The van der Waals surface area contributed by atoms with Gasteiger partial charge in [0.25, 0.3) is 5.56 Å². The number of aromatic nitrogens is 5. The number of nitrogens with one attached hydrogen (secondary N) is 1. The lowest BCUT2D eigenvalue weighted by atomic mass is 10.0. The number of aromatic amines is 1. The Balaban J connectivity index is 1.35. The number of methoxy groups -OCH3 is 1. The molecule has 5 aromatic rings. The predicted octanol–water partition coefficient (Wildman–Crippen LogP) is 3.82. The van der Waals surface area contributed by atoms with E-state index in [1.807, 2.05) is 53.4 Å². The van der Waals surface area contributed by atoms with Crippen molar-refractivity contribution >= 4 is 16.6 Å². The lowest BCUT2D eigenvalue weighted by molar-refractivity contribution is 0.199. The van der Waals surface area contributed by atoms with Crippen LogP contribution in [0.4, 0.5) is 10.1 Å². The van der Waals surface area contributed by atoms with Crippen molar-refractivity contribution in [3.63, 3.8) is 0 Å². The summed E-state index contributed by atoms with van der Waals surface area (Å²) in [5.74, 6) is 1.04. The third kappa shape index (κ3) is 5.17. The minimum Gasteiger partial charge on any atom is -0.497 e. The molecule has 0 radical (unpaired) electrons. The maximum Gasteiger partial charge on any atom is 0.253 e. The van der Waals surface area contributed by atoms with E-state index >= 15 is 0 Å². The molecule has 0 amide bonds. The molecule has 10 heteroatoms. The van der Waals surface area contributed by atoms with Gasteiger partial charge >= 0.3 is 0 Å². The van der Waals surface area contributed by atoms with Crippen molar-refractivity contribution in [3.8, 4) is 5.75 Å². The smallest absolute Gasteiger partial charge is 0.253 e. The molecule has 204 valence electrons. The Kier molecular flexibility index (Phi) is 7.24. The summed E-state index contributed by atoms with van der Waals surface area (Å²) in [6.07, 6.45) is 0.751. The molecule has 9 nitrogen and oxygen atoms in total. The number of hydrogen-bond donors (Lipinski definition) is 1. The number of fused-ring (bicyclic) bond motifs is 1. The molecule has 40 heavy (non-hydrogen) atoms. The van der Waals surface area contributed by atoms with Crippen LogP contribution in [0.2, 0.25) is 0 Å². The Bertz CT molecular complexity index is 1660. The fourth-order valence-electron chi connectivity index (χ4n) is 5.40. The second-order valence-corrected chi connectivity index (χ2v) is 9.88. The van der Waals surface area contributed by atoms with Gasteiger partial charge in [0.05, 0.1) is 18.3 Å². The number of pyridine rings is 1. The zero-order chi connectivity index (χ0) is 27.5. The third-order valence-electron chi connectivity index (χ3n) is 7.51. The van der Waals surface area contributed by atoms with E-state index in [-0.39, 0.29) is 11.4 Å². The van der Waals surface area contributed by atoms with Crippen LogP contribution in [0.5, 0.6) is 5.75 Å². The summed E-state index contributed by atoms with van der Waals surface area (Å²) in [6.45, 7) is 2.98. The number of para-hydroxylation sites is 1. The van der Waals surface area contributed by atoms with E-state index < -0.39 is 6.04 Å². The van der Waals surface area contributed by atoms with E-state index in [0.717, 1.165) is 11.8 Å². The van der Waals surface area contributed by atoms with Crippen LogP contribution in [-0.2, 0) is 13.0 Å². The van der Waals surface area contributed by atoms with Crippen LogP contribution in [0.3, 0.4) is 0 Å². The number of benzene rings is 3. The van der Waals surface area contributed by atoms with E-state index in [9.17, 15) is 9.18 Å². The van der Waals surface area contributed by atoms with Crippen molar-refractivity contribution in [2.75, 3.05) is 38.2 Å². The maximum absolute atomic E-state index is 14.5. The maximum atomic E-state index is 14.5. The number of anilines is 1. The van der Waals surface area contributed by atoms with Crippen molar-refractivity contribution < 1.29 is 9.13 Å². The second kappa shape index (κ2) is 11.3. The van der Waals surface area contributed by atoms with E-state index in [1.54, 1.807) is 23.9 Å².